The summed E-state index contributed by atoms with van der Waals surface area (Å²) in [6.45, 7) is 3.70. The lowest BCUT2D eigenvalue weighted by Crippen LogP contribution is -2.40. The van der Waals surface area contributed by atoms with Crippen LogP contribution in [0.1, 0.15) is 50.0 Å². The Morgan fingerprint density at radius 1 is 1.14 bits per heavy atom. The van der Waals surface area contributed by atoms with E-state index in [1.165, 1.54) is 12.8 Å². The molecule has 3 heterocycles. The van der Waals surface area contributed by atoms with Gasteiger partial charge in [0.15, 0.2) is 0 Å². The van der Waals surface area contributed by atoms with Gasteiger partial charge in [-0.15, -0.1) is 12.4 Å². The molecule has 0 saturated carbocycles. The first-order chi connectivity index (χ1) is 13.1. The highest BCUT2D eigenvalue weighted by Crippen LogP contribution is 2.42. The Balaban J connectivity index is 0.00000225. The van der Waals surface area contributed by atoms with Crippen molar-refractivity contribution in [1.29, 1.82) is 0 Å². The highest BCUT2D eigenvalue weighted by atomic mass is 35.5. The lowest BCUT2D eigenvalue weighted by molar-refractivity contribution is -0.133. The molecule has 0 radical (unpaired) electrons. The smallest absolute Gasteiger partial charge is 0.232 e. The largest absolute Gasteiger partial charge is 0.343 e. The first-order valence-corrected chi connectivity index (χ1v) is 10.6. The topological polar surface area (TPSA) is 61.4 Å². The van der Waals surface area contributed by atoms with E-state index in [1.807, 2.05) is 23.1 Å². The molecule has 0 spiro atoms. The second-order valence-electron chi connectivity index (χ2n) is 8.15. The SMILES string of the molecule is Cl.O=C1Nc2cc(Cl)ccc2C1C1CCN(C(=O)CCC2CCNCC2)CC1. The third-order valence-electron chi connectivity index (χ3n) is 6.48. The lowest BCUT2D eigenvalue weighted by Gasteiger charge is -2.34. The molecule has 0 aliphatic carbocycles. The maximum atomic E-state index is 12.6. The van der Waals surface area contributed by atoms with Gasteiger partial charge in [-0.05, 0) is 74.7 Å². The lowest BCUT2D eigenvalue weighted by atomic mass is 9.80. The third-order valence-corrected chi connectivity index (χ3v) is 6.71. The second-order valence-corrected chi connectivity index (χ2v) is 8.59. The molecule has 0 bridgehead atoms. The molecule has 1 atom stereocenters. The van der Waals surface area contributed by atoms with Gasteiger partial charge in [0.05, 0.1) is 5.92 Å². The Morgan fingerprint density at radius 3 is 2.57 bits per heavy atom. The summed E-state index contributed by atoms with van der Waals surface area (Å²) < 4.78 is 0. The van der Waals surface area contributed by atoms with Crippen molar-refractivity contribution in [1.82, 2.24) is 10.2 Å². The van der Waals surface area contributed by atoms with Crippen molar-refractivity contribution in [3.8, 4) is 0 Å². The van der Waals surface area contributed by atoms with Gasteiger partial charge in [-0.1, -0.05) is 17.7 Å². The molecule has 2 saturated heterocycles. The van der Waals surface area contributed by atoms with Crippen LogP contribution < -0.4 is 10.6 Å². The van der Waals surface area contributed by atoms with Crippen LogP contribution in [0.3, 0.4) is 0 Å². The number of amides is 2. The normalized spacial score (nSPS) is 23.1. The van der Waals surface area contributed by atoms with Gasteiger partial charge in [0.2, 0.25) is 11.8 Å². The highest BCUT2D eigenvalue weighted by Gasteiger charge is 2.38. The first kappa shape index (κ1) is 21.4. The summed E-state index contributed by atoms with van der Waals surface area (Å²) in [6, 6.07) is 5.65. The first-order valence-electron chi connectivity index (χ1n) is 10.2. The van der Waals surface area contributed by atoms with Crippen molar-refractivity contribution in [3.63, 3.8) is 0 Å². The van der Waals surface area contributed by atoms with Gasteiger partial charge >= 0.3 is 0 Å². The number of benzene rings is 1. The maximum Gasteiger partial charge on any atom is 0.232 e. The van der Waals surface area contributed by atoms with Crippen molar-refractivity contribution in [2.75, 3.05) is 31.5 Å². The van der Waals surface area contributed by atoms with Crippen LogP contribution in [0.5, 0.6) is 0 Å². The third kappa shape index (κ3) is 4.64. The average molecular weight is 426 g/mol. The predicted molar refractivity (Wildman–Crippen MR) is 114 cm³/mol. The minimum absolute atomic E-state index is 0. The van der Waals surface area contributed by atoms with E-state index in [2.05, 4.69) is 10.6 Å². The molecule has 5 nitrogen and oxygen atoms in total. The predicted octanol–water partition coefficient (Wildman–Crippen LogP) is 3.82. The molecule has 0 aromatic heterocycles. The molecule has 154 valence electrons. The zero-order valence-electron chi connectivity index (χ0n) is 16.1. The fraction of sp³-hybridized carbons (Fsp3) is 0.619. The van der Waals surface area contributed by atoms with E-state index in [0.717, 1.165) is 56.7 Å². The fourth-order valence-electron chi connectivity index (χ4n) is 4.87. The number of nitrogens with zero attached hydrogens (tertiary/aromatic N) is 1. The van der Waals surface area contributed by atoms with Crippen molar-refractivity contribution >= 4 is 41.5 Å². The summed E-state index contributed by atoms with van der Waals surface area (Å²) in [6.07, 6.45) is 5.84. The van der Waals surface area contributed by atoms with Crippen molar-refractivity contribution in [3.05, 3.63) is 28.8 Å². The molecule has 1 aromatic rings. The minimum atomic E-state index is -0.107. The van der Waals surface area contributed by atoms with E-state index in [4.69, 9.17) is 11.6 Å². The Hall–Kier alpha value is -1.30. The number of likely N-dealkylation sites (tertiary alicyclic amines) is 1. The van der Waals surface area contributed by atoms with Gasteiger partial charge in [0.25, 0.3) is 0 Å². The van der Waals surface area contributed by atoms with Crippen LogP contribution in [-0.2, 0) is 9.59 Å². The van der Waals surface area contributed by atoms with Gasteiger partial charge in [0.1, 0.15) is 0 Å². The number of carbonyl (C=O) groups is 2. The molecule has 2 fully saturated rings. The molecule has 3 aliphatic heterocycles. The monoisotopic (exact) mass is 425 g/mol. The van der Waals surface area contributed by atoms with Gasteiger partial charge in [-0.2, -0.15) is 0 Å². The Labute approximate surface area is 178 Å². The number of halogens is 2. The number of hydrogen-bond acceptors (Lipinski definition) is 3. The van der Waals surface area contributed by atoms with Crippen LogP contribution in [0.15, 0.2) is 18.2 Å². The number of nitrogens with one attached hydrogen (secondary N) is 2. The number of rotatable bonds is 4. The van der Waals surface area contributed by atoms with Crippen molar-refractivity contribution in [2.45, 2.75) is 44.4 Å². The standard InChI is InChI=1S/C21H28ClN3O2.ClH/c22-16-2-3-17-18(13-16)24-21(27)20(17)15-7-11-25(12-8-15)19(26)4-1-14-5-9-23-10-6-14;/h2-3,13-15,20,23H,1,4-12H2,(H,24,27);1H. The molecule has 2 N–H and O–H groups in total. The minimum Gasteiger partial charge on any atom is -0.343 e. The molecule has 28 heavy (non-hydrogen) atoms. The van der Waals surface area contributed by atoms with E-state index >= 15 is 0 Å². The number of carbonyl (C=O) groups excluding carboxylic acids is 2. The van der Waals surface area contributed by atoms with Crippen LogP contribution in [0.25, 0.3) is 0 Å². The zero-order valence-corrected chi connectivity index (χ0v) is 17.7. The van der Waals surface area contributed by atoms with E-state index in [-0.39, 0.29) is 30.1 Å². The van der Waals surface area contributed by atoms with Crippen LogP contribution in [0.4, 0.5) is 5.69 Å². The van der Waals surface area contributed by atoms with E-state index in [0.29, 0.717) is 23.3 Å². The van der Waals surface area contributed by atoms with Gasteiger partial charge < -0.3 is 15.5 Å². The molecule has 2 amide bonds. The summed E-state index contributed by atoms with van der Waals surface area (Å²) in [4.78, 5) is 27.1. The summed E-state index contributed by atoms with van der Waals surface area (Å²) in [7, 11) is 0. The maximum absolute atomic E-state index is 12.6. The molecule has 7 heteroatoms. The van der Waals surface area contributed by atoms with Crippen LogP contribution in [0, 0.1) is 11.8 Å². The van der Waals surface area contributed by atoms with Crippen LogP contribution >= 0.6 is 24.0 Å². The average Bonchev–Trinajstić information content (AvgIpc) is 3.01. The number of fused-ring (bicyclic) bond motifs is 1. The number of hydrogen-bond donors (Lipinski definition) is 2. The zero-order chi connectivity index (χ0) is 18.8. The summed E-state index contributed by atoms with van der Waals surface area (Å²) in [5.74, 6) is 1.24. The Bertz CT molecular complexity index is 714. The molecular weight excluding hydrogens is 397 g/mol. The highest BCUT2D eigenvalue weighted by molar-refractivity contribution is 6.31. The van der Waals surface area contributed by atoms with Crippen LogP contribution in [0.2, 0.25) is 5.02 Å². The molecule has 1 unspecified atom stereocenters. The molecule has 4 rings (SSSR count). The number of piperidine rings is 2. The summed E-state index contributed by atoms with van der Waals surface area (Å²) in [5, 5.41) is 6.99. The number of anilines is 1. The summed E-state index contributed by atoms with van der Waals surface area (Å²) >= 11 is 6.05. The van der Waals surface area contributed by atoms with E-state index in [1.54, 1.807) is 0 Å². The molecule has 1 aromatic carbocycles. The summed E-state index contributed by atoms with van der Waals surface area (Å²) in [5.41, 5.74) is 1.90. The van der Waals surface area contributed by atoms with Crippen molar-refractivity contribution < 1.29 is 9.59 Å². The van der Waals surface area contributed by atoms with Crippen molar-refractivity contribution in [2.24, 2.45) is 11.8 Å². The van der Waals surface area contributed by atoms with Gasteiger partial charge in [-0.25, -0.2) is 0 Å². The quantitative estimate of drug-likeness (QED) is 0.770. The van der Waals surface area contributed by atoms with Gasteiger partial charge in [-0.3, -0.25) is 9.59 Å². The molecule has 3 aliphatic rings. The van der Waals surface area contributed by atoms with E-state index < -0.39 is 0 Å². The van der Waals surface area contributed by atoms with E-state index in [9.17, 15) is 9.59 Å². The fourth-order valence-corrected chi connectivity index (χ4v) is 5.04. The Morgan fingerprint density at radius 2 is 1.86 bits per heavy atom. The van der Waals surface area contributed by atoms with Crippen LogP contribution in [-0.4, -0.2) is 42.9 Å². The second kappa shape index (κ2) is 9.47. The van der Waals surface area contributed by atoms with Gasteiger partial charge in [0, 0.05) is 30.2 Å². The Kier molecular flexibility index (Phi) is 7.24. The molecular formula is C21H29Cl2N3O2.